The van der Waals surface area contributed by atoms with E-state index in [1.165, 1.54) is 0 Å². The molecule has 0 amide bonds. The second-order valence-corrected chi connectivity index (χ2v) is 5.98. The van der Waals surface area contributed by atoms with Crippen LogP contribution in [0.4, 0.5) is 5.88 Å². The summed E-state index contributed by atoms with van der Waals surface area (Å²) in [6.45, 7) is 8.22. The van der Waals surface area contributed by atoms with Gasteiger partial charge in [0, 0.05) is 17.5 Å². The van der Waals surface area contributed by atoms with Crippen LogP contribution in [-0.2, 0) is 0 Å². The fourth-order valence-corrected chi connectivity index (χ4v) is 2.81. The van der Waals surface area contributed by atoms with Crippen LogP contribution in [0, 0.1) is 11.3 Å². The minimum atomic E-state index is 0.304. The molecule has 0 radical (unpaired) electrons. The van der Waals surface area contributed by atoms with Crippen LogP contribution in [0.3, 0.4) is 0 Å². The topological polar surface area (TPSA) is 65.1 Å². The van der Waals surface area contributed by atoms with E-state index in [2.05, 4.69) is 35.1 Å². The molecule has 1 N–H and O–H groups in total. The van der Waals surface area contributed by atoms with Crippen LogP contribution < -0.4 is 5.32 Å². The number of rotatable bonds is 9. The van der Waals surface area contributed by atoms with E-state index in [-0.39, 0.29) is 0 Å². The number of anilines is 1. The minimum Gasteiger partial charge on any atom is -0.420 e. The Morgan fingerprint density at radius 3 is 2.87 bits per heavy atom. The summed E-state index contributed by atoms with van der Waals surface area (Å²) in [5.74, 6) is 0.902. The first-order valence-electron chi connectivity index (χ1n) is 7.85. The van der Waals surface area contributed by atoms with Crippen molar-refractivity contribution in [3.8, 4) is 6.07 Å². The van der Waals surface area contributed by atoms with Crippen molar-refractivity contribution < 1.29 is 4.42 Å². The van der Waals surface area contributed by atoms with Crippen molar-refractivity contribution in [2.24, 2.45) is 0 Å². The van der Waals surface area contributed by atoms with Crippen LogP contribution in [-0.4, -0.2) is 36.1 Å². The number of aromatic nitrogens is 1. The van der Waals surface area contributed by atoms with Crippen molar-refractivity contribution in [1.29, 1.82) is 5.26 Å². The van der Waals surface area contributed by atoms with Crippen LogP contribution in [0.5, 0.6) is 0 Å². The molecule has 2 aromatic heterocycles. The molecule has 5 nitrogen and oxygen atoms in total. The number of nitrogens with one attached hydrogen (secondary N) is 1. The molecule has 0 aliphatic rings. The van der Waals surface area contributed by atoms with Crippen molar-refractivity contribution in [3.63, 3.8) is 0 Å². The Hall–Kier alpha value is -2.10. The summed E-state index contributed by atoms with van der Waals surface area (Å²) in [5, 5.41) is 14.3. The van der Waals surface area contributed by atoms with Gasteiger partial charge < -0.3 is 14.6 Å². The highest BCUT2D eigenvalue weighted by molar-refractivity contribution is 7.10. The zero-order valence-corrected chi connectivity index (χ0v) is 14.4. The molecule has 2 heterocycles. The third-order valence-corrected chi connectivity index (χ3v) is 4.35. The molecule has 0 bridgehead atoms. The molecule has 0 spiro atoms. The van der Waals surface area contributed by atoms with Gasteiger partial charge in [0.05, 0.1) is 0 Å². The first-order valence-corrected chi connectivity index (χ1v) is 8.73. The lowest BCUT2D eigenvalue weighted by molar-refractivity contribution is 0.302. The van der Waals surface area contributed by atoms with Crippen molar-refractivity contribution in [3.05, 3.63) is 34.0 Å². The lowest BCUT2D eigenvalue weighted by Gasteiger charge is -2.17. The van der Waals surface area contributed by atoms with Crippen molar-refractivity contribution in [2.45, 2.75) is 20.3 Å². The Labute approximate surface area is 141 Å². The molecule has 0 aliphatic heterocycles. The third-order valence-electron chi connectivity index (χ3n) is 3.51. The van der Waals surface area contributed by atoms with Gasteiger partial charge in [0.2, 0.25) is 17.5 Å². The van der Waals surface area contributed by atoms with E-state index >= 15 is 0 Å². The first-order chi connectivity index (χ1) is 11.3. The zero-order valence-electron chi connectivity index (χ0n) is 13.6. The Bertz CT molecular complexity index is 651. The largest absolute Gasteiger partial charge is 0.420 e. The molecule has 0 aliphatic carbocycles. The maximum Gasteiger partial charge on any atom is 0.232 e. The monoisotopic (exact) mass is 330 g/mol. The average molecular weight is 330 g/mol. The molecule has 23 heavy (non-hydrogen) atoms. The molecule has 0 aromatic carbocycles. The third kappa shape index (κ3) is 5.23. The van der Waals surface area contributed by atoms with E-state index in [0.29, 0.717) is 17.5 Å². The lowest BCUT2D eigenvalue weighted by Crippen LogP contribution is -2.25. The van der Waals surface area contributed by atoms with Crippen molar-refractivity contribution in [1.82, 2.24) is 9.88 Å². The van der Waals surface area contributed by atoms with Crippen molar-refractivity contribution >= 4 is 29.4 Å². The Morgan fingerprint density at radius 2 is 2.22 bits per heavy atom. The van der Waals surface area contributed by atoms with Gasteiger partial charge in [-0.1, -0.05) is 19.9 Å². The highest BCUT2D eigenvalue weighted by atomic mass is 32.1. The fourth-order valence-electron chi connectivity index (χ4n) is 2.19. The fraction of sp³-hybridized carbons (Fsp3) is 0.412. The van der Waals surface area contributed by atoms with Crippen LogP contribution in [0.25, 0.3) is 12.2 Å². The molecular formula is C17H22N4OS. The van der Waals surface area contributed by atoms with Gasteiger partial charge in [-0.2, -0.15) is 10.2 Å². The Kier molecular flexibility index (Phi) is 6.85. The molecule has 0 unspecified atom stereocenters. The molecule has 0 saturated heterocycles. The number of hydrogen-bond acceptors (Lipinski definition) is 6. The van der Waals surface area contributed by atoms with Gasteiger partial charge in [-0.15, -0.1) is 11.3 Å². The molecule has 2 rings (SSSR count). The van der Waals surface area contributed by atoms with Gasteiger partial charge in [0.1, 0.15) is 6.07 Å². The minimum absolute atomic E-state index is 0.304. The van der Waals surface area contributed by atoms with Gasteiger partial charge in [0.15, 0.2) is 0 Å². The number of oxazole rings is 1. The number of thiophene rings is 1. The second kappa shape index (κ2) is 9.13. The highest BCUT2D eigenvalue weighted by Crippen LogP contribution is 2.19. The average Bonchev–Trinajstić information content (AvgIpc) is 3.22. The van der Waals surface area contributed by atoms with Crippen LogP contribution in [0.2, 0.25) is 0 Å². The van der Waals surface area contributed by atoms with Gasteiger partial charge in [-0.05, 0) is 43.6 Å². The van der Waals surface area contributed by atoms with Crippen molar-refractivity contribution in [2.75, 3.05) is 31.5 Å². The normalized spacial score (nSPS) is 11.2. The summed E-state index contributed by atoms with van der Waals surface area (Å²) in [7, 11) is 0. The maximum atomic E-state index is 9.16. The quantitative estimate of drug-likeness (QED) is 0.706. The molecule has 6 heteroatoms. The molecule has 0 fully saturated rings. The Balaban J connectivity index is 1.90. The van der Waals surface area contributed by atoms with E-state index in [0.717, 1.165) is 37.5 Å². The first kappa shape index (κ1) is 17.3. The summed E-state index contributed by atoms with van der Waals surface area (Å²) in [5.41, 5.74) is 0.304. The molecule has 0 saturated carbocycles. The summed E-state index contributed by atoms with van der Waals surface area (Å²) in [6, 6.07) is 6.08. The van der Waals surface area contributed by atoms with Crippen LogP contribution in [0.1, 0.15) is 36.7 Å². The molecular weight excluding hydrogens is 308 g/mol. The molecule has 0 atom stereocenters. The van der Waals surface area contributed by atoms with Gasteiger partial charge in [-0.25, -0.2) is 0 Å². The maximum absolute atomic E-state index is 9.16. The summed E-state index contributed by atoms with van der Waals surface area (Å²) in [4.78, 5) is 7.68. The van der Waals surface area contributed by atoms with E-state index < -0.39 is 0 Å². The number of nitriles is 1. The zero-order chi connectivity index (χ0) is 16.5. The van der Waals surface area contributed by atoms with Crippen LogP contribution in [0.15, 0.2) is 21.9 Å². The standard InChI is InChI=1S/C17H22N4OS/c1-3-21(4-2)11-6-10-19-17-15(13-18)20-16(22-17)9-8-14-7-5-12-23-14/h5,7-9,12,19H,3-4,6,10-11H2,1-2H3/b9-8+. The SMILES string of the molecule is CCN(CC)CCCNc1oc(/C=C/c2cccs2)nc1C#N. The summed E-state index contributed by atoms with van der Waals surface area (Å²) < 4.78 is 5.62. The Morgan fingerprint density at radius 1 is 1.39 bits per heavy atom. The predicted octanol–water partition coefficient (Wildman–Crippen LogP) is 3.92. The predicted molar refractivity (Wildman–Crippen MR) is 95.4 cm³/mol. The second-order valence-electron chi connectivity index (χ2n) is 5.00. The smallest absolute Gasteiger partial charge is 0.232 e. The van der Waals surface area contributed by atoms with Gasteiger partial charge >= 0.3 is 0 Å². The summed E-state index contributed by atoms with van der Waals surface area (Å²) >= 11 is 1.64. The van der Waals surface area contributed by atoms with E-state index in [9.17, 15) is 0 Å². The van der Waals surface area contributed by atoms with Gasteiger partial charge in [0.25, 0.3) is 0 Å². The van der Waals surface area contributed by atoms with Crippen LogP contribution >= 0.6 is 11.3 Å². The number of nitrogens with zero attached hydrogens (tertiary/aromatic N) is 3. The molecule has 2 aromatic rings. The van der Waals surface area contributed by atoms with Gasteiger partial charge in [-0.3, -0.25) is 0 Å². The summed E-state index contributed by atoms with van der Waals surface area (Å²) in [6.07, 6.45) is 4.71. The molecule has 122 valence electrons. The lowest BCUT2D eigenvalue weighted by atomic mass is 10.3. The van der Waals surface area contributed by atoms with E-state index in [4.69, 9.17) is 9.68 Å². The highest BCUT2D eigenvalue weighted by Gasteiger charge is 2.11. The van der Waals surface area contributed by atoms with E-state index in [1.807, 2.05) is 23.6 Å². The number of hydrogen-bond donors (Lipinski definition) is 1. The van der Waals surface area contributed by atoms with E-state index in [1.54, 1.807) is 17.4 Å².